The van der Waals surface area contributed by atoms with Crippen molar-refractivity contribution in [1.29, 1.82) is 0 Å². The van der Waals surface area contributed by atoms with Gasteiger partial charge < -0.3 is 4.74 Å². The van der Waals surface area contributed by atoms with Crippen LogP contribution in [0.4, 0.5) is 21.9 Å². The molecule has 108 valence electrons. The molecule has 0 atom stereocenters. The normalized spacial score (nSPS) is 9.90. The zero-order chi connectivity index (χ0) is 15.3. The van der Waals surface area contributed by atoms with Gasteiger partial charge in [-0.05, 0) is 19.9 Å². The fraction of sp³-hybridized carbons (Fsp3) is 0.364. The molecule has 9 nitrogen and oxygen atoms in total. The second-order valence-corrected chi connectivity index (χ2v) is 3.63. The molecule has 0 bridgehead atoms. The van der Waals surface area contributed by atoms with Crippen LogP contribution in [0.2, 0.25) is 0 Å². The number of rotatable bonds is 5. The number of hydrogen-bond donors (Lipinski definition) is 0. The van der Waals surface area contributed by atoms with Crippen molar-refractivity contribution in [3.05, 3.63) is 38.4 Å². The number of benzene rings is 1. The van der Waals surface area contributed by atoms with E-state index in [2.05, 4.69) is 0 Å². The quantitative estimate of drug-likeness (QED) is 0.605. The van der Waals surface area contributed by atoms with E-state index in [0.717, 1.165) is 23.1 Å². The average molecular weight is 283 g/mol. The third-order valence-corrected chi connectivity index (χ3v) is 2.46. The number of amides is 1. The number of nitrogens with zero attached hydrogens (tertiary/aromatic N) is 3. The molecular weight excluding hydrogens is 270 g/mol. The van der Waals surface area contributed by atoms with Crippen LogP contribution in [0, 0.1) is 20.2 Å². The first kappa shape index (κ1) is 15.3. The highest BCUT2D eigenvalue weighted by Crippen LogP contribution is 2.32. The third-order valence-electron chi connectivity index (χ3n) is 2.46. The van der Waals surface area contributed by atoms with Crippen molar-refractivity contribution in [2.45, 2.75) is 13.8 Å². The SMILES string of the molecule is CCOC(=O)N(CC)c1ccc([N+](=O)[O-])cc1[N+](=O)[O-]. The summed E-state index contributed by atoms with van der Waals surface area (Å²) in [5.74, 6) is 0. The van der Waals surface area contributed by atoms with Crippen LogP contribution < -0.4 is 4.90 Å². The van der Waals surface area contributed by atoms with Crippen molar-refractivity contribution < 1.29 is 19.4 Å². The van der Waals surface area contributed by atoms with E-state index >= 15 is 0 Å². The standard InChI is InChI=1S/C11H13N3O6/c1-3-12(11(15)20-4-2)9-6-5-8(13(16)17)7-10(9)14(18)19/h5-7H,3-4H2,1-2H3. The van der Waals surface area contributed by atoms with E-state index in [4.69, 9.17) is 4.74 Å². The molecule has 0 saturated heterocycles. The predicted molar refractivity (Wildman–Crippen MR) is 69.8 cm³/mol. The van der Waals surface area contributed by atoms with Gasteiger partial charge in [0, 0.05) is 12.6 Å². The Bertz CT molecular complexity index is 545. The minimum absolute atomic E-state index is 0.0402. The minimum Gasteiger partial charge on any atom is -0.449 e. The molecule has 0 spiro atoms. The third kappa shape index (κ3) is 3.19. The first-order chi connectivity index (χ1) is 9.42. The number of nitro groups is 2. The Morgan fingerprint density at radius 3 is 2.35 bits per heavy atom. The van der Waals surface area contributed by atoms with Crippen LogP contribution in [-0.2, 0) is 4.74 Å². The lowest BCUT2D eigenvalue weighted by Gasteiger charge is -2.19. The van der Waals surface area contributed by atoms with E-state index in [1.165, 1.54) is 0 Å². The van der Waals surface area contributed by atoms with Crippen molar-refractivity contribution in [2.24, 2.45) is 0 Å². The fourth-order valence-electron chi connectivity index (χ4n) is 1.60. The molecule has 0 heterocycles. The Kier molecular flexibility index (Phi) is 4.95. The molecule has 1 rings (SSSR count). The highest BCUT2D eigenvalue weighted by molar-refractivity contribution is 5.91. The van der Waals surface area contributed by atoms with E-state index in [9.17, 15) is 25.0 Å². The van der Waals surface area contributed by atoms with E-state index in [1.54, 1.807) is 13.8 Å². The lowest BCUT2D eigenvalue weighted by molar-refractivity contribution is -0.393. The van der Waals surface area contributed by atoms with Crippen molar-refractivity contribution >= 4 is 23.2 Å². The largest absolute Gasteiger partial charge is 0.449 e. The monoisotopic (exact) mass is 283 g/mol. The molecule has 0 aromatic heterocycles. The summed E-state index contributed by atoms with van der Waals surface area (Å²) in [5, 5.41) is 21.6. The summed E-state index contributed by atoms with van der Waals surface area (Å²) in [5.41, 5.74) is -0.976. The van der Waals surface area contributed by atoms with Crippen LogP contribution in [0.5, 0.6) is 0 Å². The summed E-state index contributed by atoms with van der Waals surface area (Å²) in [6.45, 7) is 3.48. The van der Waals surface area contributed by atoms with Gasteiger partial charge in [-0.1, -0.05) is 0 Å². The molecule has 1 aromatic carbocycles. The number of carbonyl (C=O) groups excluding carboxylic acids is 1. The Balaban J connectivity index is 3.31. The molecule has 9 heteroatoms. The molecule has 20 heavy (non-hydrogen) atoms. The van der Waals surface area contributed by atoms with Crippen molar-refractivity contribution in [3.8, 4) is 0 Å². The van der Waals surface area contributed by atoms with Gasteiger partial charge in [0.25, 0.3) is 11.4 Å². The van der Waals surface area contributed by atoms with Gasteiger partial charge in [-0.3, -0.25) is 25.1 Å². The van der Waals surface area contributed by atoms with Gasteiger partial charge in [0.2, 0.25) is 0 Å². The van der Waals surface area contributed by atoms with Crippen molar-refractivity contribution in [2.75, 3.05) is 18.1 Å². The maximum atomic E-state index is 11.7. The number of hydrogen-bond acceptors (Lipinski definition) is 6. The Labute approximate surface area is 114 Å². The molecule has 0 aliphatic heterocycles. The lowest BCUT2D eigenvalue weighted by Crippen LogP contribution is -2.31. The van der Waals surface area contributed by atoms with Crippen molar-refractivity contribution in [1.82, 2.24) is 0 Å². The van der Waals surface area contributed by atoms with E-state index < -0.39 is 27.3 Å². The van der Waals surface area contributed by atoms with Gasteiger partial charge in [0.15, 0.2) is 0 Å². The van der Waals surface area contributed by atoms with Gasteiger partial charge in [-0.25, -0.2) is 4.79 Å². The molecule has 0 aliphatic carbocycles. The lowest BCUT2D eigenvalue weighted by atomic mass is 10.2. The number of nitro benzene ring substituents is 2. The smallest absolute Gasteiger partial charge is 0.414 e. The highest BCUT2D eigenvalue weighted by atomic mass is 16.6. The Morgan fingerprint density at radius 1 is 1.25 bits per heavy atom. The predicted octanol–water partition coefficient (Wildman–Crippen LogP) is 2.49. The molecular formula is C11H13N3O6. The maximum Gasteiger partial charge on any atom is 0.414 e. The van der Waals surface area contributed by atoms with E-state index in [0.29, 0.717) is 0 Å². The van der Waals surface area contributed by atoms with Crippen LogP contribution in [-0.4, -0.2) is 29.1 Å². The van der Waals surface area contributed by atoms with Crippen LogP contribution >= 0.6 is 0 Å². The molecule has 0 N–H and O–H groups in total. The Morgan fingerprint density at radius 2 is 1.90 bits per heavy atom. The number of anilines is 1. The van der Waals surface area contributed by atoms with Gasteiger partial charge in [-0.2, -0.15) is 0 Å². The van der Waals surface area contributed by atoms with E-state index in [1.807, 2.05) is 0 Å². The summed E-state index contributed by atoms with van der Waals surface area (Å²) < 4.78 is 4.79. The average Bonchev–Trinajstić information content (AvgIpc) is 2.39. The topological polar surface area (TPSA) is 116 Å². The fourth-order valence-corrected chi connectivity index (χ4v) is 1.60. The van der Waals surface area contributed by atoms with E-state index in [-0.39, 0.29) is 18.8 Å². The van der Waals surface area contributed by atoms with Gasteiger partial charge in [-0.15, -0.1) is 0 Å². The number of ether oxygens (including phenoxy) is 1. The van der Waals surface area contributed by atoms with Gasteiger partial charge >= 0.3 is 6.09 Å². The molecule has 0 fully saturated rings. The summed E-state index contributed by atoms with van der Waals surface area (Å²) in [6.07, 6.45) is -0.744. The molecule has 1 aromatic rings. The minimum atomic E-state index is -0.774. The maximum absolute atomic E-state index is 11.7. The second kappa shape index (κ2) is 6.45. The van der Waals surface area contributed by atoms with Gasteiger partial charge in [0.1, 0.15) is 5.69 Å². The molecule has 0 saturated carbocycles. The molecule has 0 radical (unpaired) electrons. The van der Waals surface area contributed by atoms with Crippen LogP contribution in [0.15, 0.2) is 18.2 Å². The van der Waals surface area contributed by atoms with Gasteiger partial charge in [0.05, 0.1) is 22.5 Å². The zero-order valence-corrected chi connectivity index (χ0v) is 10.9. The molecule has 0 unspecified atom stereocenters. The van der Waals surface area contributed by atoms with Crippen LogP contribution in [0.1, 0.15) is 13.8 Å². The zero-order valence-electron chi connectivity index (χ0n) is 10.9. The summed E-state index contributed by atoms with van der Waals surface area (Å²) >= 11 is 0. The summed E-state index contributed by atoms with van der Waals surface area (Å²) in [4.78, 5) is 32.9. The number of non-ortho nitro benzene ring substituents is 1. The van der Waals surface area contributed by atoms with Crippen LogP contribution in [0.3, 0.4) is 0 Å². The summed E-state index contributed by atoms with van der Waals surface area (Å²) in [7, 11) is 0. The van der Waals surface area contributed by atoms with Crippen molar-refractivity contribution in [3.63, 3.8) is 0 Å². The Hall–Kier alpha value is -2.71. The second-order valence-electron chi connectivity index (χ2n) is 3.63. The van der Waals surface area contributed by atoms with Crippen LogP contribution in [0.25, 0.3) is 0 Å². The number of carbonyl (C=O) groups is 1. The summed E-state index contributed by atoms with van der Waals surface area (Å²) in [6, 6.07) is 3.08. The first-order valence-electron chi connectivity index (χ1n) is 5.79. The highest BCUT2D eigenvalue weighted by Gasteiger charge is 2.26. The first-order valence-corrected chi connectivity index (χ1v) is 5.79. The molecule has 0 aliphatic rings. The molecule has 1 amide bonds.